The highest BCUT2D eigenvalue weighted by atomic mass is 32.1. The summed E-state index contributed by atoms with van der Waals surface area (Å²) in [6.07, 6.45) is 0. The minimum Gasteiger partial charge on any atom is -0.454 e. The maximum absolute atomic E-state index is 12.3. The second-order valence-electron chi connectivity index (χ2n) is 5.35. The third kappa shape index (κ3) is 3.38. The van der Waals surface area contributed by atoms with E-state index in [4.69, 9.17) is 4.74 Å². The van der Waals surface area contributed by atoms with Gasteiger partial charge in [0, 0.05) is 0 Å². The largest absolute Gasteiger partial charge is 0.454 e. The molecule has 0 unspecified atom stereocenters. The molecule has 25 heavy (non-hydrogen) atoms. The molecular formula is C17H13N5O2S. The summed E-state index contributed by atoms with van der Waals surface area (Å²) >= 11 is 1.48. The van der Waals surface area contributed by atoms with Crippen LogP contribution < -0.4 is 0 Å². The lowest BCUT2D eigenvalue weighted by Crippen LogP contribution is -2.11. The molecule has 4 rings (SSSR count). The minimum atomic E-state index is -0.412. The molecule has 0 atom stereocenters. The van der Waals surface area contributed by atoms with Crippen LogP contribution in [0.15, 0.2) is 54.0 Å². The van der Waals surface area contributed by atoms with Gasteiger partial charge in [0.15, 0.2) is 12.4 Å². The van der Waals surface area contributed by atoms with Crippen molar-refractivity contribution in [1.82, 2.24) is 25.2 Å². The number of aromatic nitrogens is 5. The Hall–Kier alpha value is -3.13. The molecule has 0 saturated carbocycles. The van der Waals surface area contributed by atoms with E-state index in [-0.39, 0.29) is 6.61 Å². The summed E-state index contributed by atoms with van der Waals surface area (Å²) < 4.78 is 7.93. The van der Waals surface area contributed by atoms with Gasteiger partial charge in [-0.1, -0.05) is 30.3 Å². The van der Waals surface area contributed by atoms with Crippen LogP contribution in [0.5, 0.6) is 0 Å². The highest BCUT2D eigenvalue weighted by Crippen LogP contribution is 2.19. The molecular weight excluding hydrogens is 338 g/mol. The lowest BCUT2D eigenvalue weighted by atomic mass is 10.2. The van der Waals surface area contributed by atoms with Crippen LogP contribution in [0.1, 0.15) is 21.7 Å². The molecule has 0 aliphatic carbocycles. The van der Waals surface area contributed by atoms with Crippen LogP contribution in [0.2, 0.25) is 0 Å². The van der Waals surface area contributed by atoms with Crippen LogP contribution in [0.25, 0.3) is 10.2 Å². The predicted molar refractivity (Wildman–Crippen MR) is 92.1 cm³/mol. The monoisotopic (exact) mass is 351 g/mol. The Bertz CT molecular complexity index is 1010. The fourth-order valence-corrected chi connectivity index (χ4v) is 3.12. The number of esters is 1. The fraction of sp³-hybridized carbons (Fsp3) is 0.118. The predicted octanol–water partition coefficient (Wildman–Crippen LogP) is 2.69. The lowest BCUT2D eigenvalue weighted by Gasteiger charge is -2.06. The van der Waals surface area contributed by atoms with E-state index in [0.717, 1.165) is 15.8 Å². The number of ether oxygens (including phenoxy) is 1. The number of tetrazole rings is 1. The summed E-state index contributed by atoms with van der Waals surface area (Å²) in [5, 5.41) is 11.6. The van der Waals surface area contributed by atoms with Gasteiger partial charge in [-0.15, -0.1) is 16.4 Å². The van der Waals surface area contributed by atoms with Gasteiger partial charge in [-0.3, -0.25) is 0 Å². The van der Waals surface area contributed by atoms with Gasteiger partial charge in [0.05, 0.1) is 27.8 Å². The molecule has 0 spiro atoms. The molecule has 2 heterocycles. The highest BCUT2D eigenvalue weighted by molar-refractivity contribution is 7.16. The summed E-state index contributed by atoms with van der Waals surface area (Å²) in [5.74, 6) is 0.0839. The maximum Gasteiger partial charge on any atom is 0.338 e. The molecule has 0 aliphatic heterocycles. The molecule has 124 valence electrons. The van der Waals surface area contributed by atoms with E-state index in [0.29, 0.717) is 17.9 Å². The van der Waals surface area contributed by atoms with Gasteiger partial charge in [0.25, 0.3) is 0 Å². The van der Waals surface area contributed by atoms with E-state index in [9.17, 15) is 4.79 Å². The third-order valence-corrected chi connectivity index (χ3v) is 4.47. The van der Waals surface area contributed by atoms with E-state index in [1.54, 1.807) is 22.3 Å². The Balaban J connectivity index is 1.44. The van der Waals surface area contributed by atoms with E-state index in [1.807, 2.05) is 36.4 Å². The van der Waals surface area contributed by atoms with Crippen molar-refractivity contribution in [2.45, 2.75) is 13.2 Å². The topological polar surface area (TPSA) is 82.8 Å². The lowest BCUT2D eigenvalue weighted by molar-refractivity contribution is 0.0457. The molecule has 4 aromatic rings. The first kappa shape index (κ1) is 15.4. The summed E-state index contributed by atoms with van der Waals surface area (Å²) in [7, 11) is 0. The van der Waals surface area contributed by atoms with Crippen LogP contribution in [0.4, 0.5) is 0 Å². The zero-order chi connectivity index (χ0) is 17.1. The average molecular weight is 351 g/mol. The van der Waals surface area contributed by atoms with Crippen molar-refractivity contribution >= 4 is 27.5 Å². The Morgan fingerprint density at radius 2 is 2.04 bits per heavy atom. The molecule has 0 radical (unpaired) electrons. The molecule has 0 saturated heterocycles. The minimum absolute atomic E-state index is 0.0133. The maximum atomic E-state index is 12.3. The van der Waals surface area contributed by atoms with Crippen LogP contribution in [-0.4, -0.2) is 31.2 Å². The van der Waals surface area contributed by atoms with Gasteiger partial charge in [0.2, 0.25) is 0 Å². The smallest absolute Gasteiger partial charge is 0.338 e. The SMILES string of the molecule is O=C(OCc1nnnn1Cc1ccccc1)c1ccc2ncsc2c1. The molecule has 2 aromatic carbocycles. The Morgan fingerprint density at radius 3 is 2.92 bits per heavy atom. The van der Waals surface area contributed by atoms with Crippen molar-refractivity contribution in [2.24, 2.45) is 0 Å². The Kier molecular flexibility index (Phi) is 4.17. The number of rotatable bonds is 5. The van der Waals surface area contributed by atoms with Crippen molar-refractivity contribution in [3.8, 4) is 0 Å². The van der Waals surface area contributed by atoms with Crippen molar-refractivity contribution in [2.75, 3.05) is 0 Å². The van der Waals surface area contributed by atoms with Gasteiger partial charge < -0.3 is 4.74 Å². The van der Waals surface area contributed by atoms with Gasteiger partial charge in [-0.25, -0.2) is 14.5 Å². The molecule has 0 N–H and O–H groups in total. The Morgan fingerprint density at radius 1 is 1.16 bits per heavy atom. The number of thiazole rings is 1. The summed E-state index contributed by atoms with van der Waals surface area (Å²) in [6.45, 7) is 0.535. The number of hydrogen-bond acceptors (Lipinski definition) is 7. The quantitative estimate of drug-likeness (QED) is 0.514. The number of carbonyl (C=O) groups excluding carboxylic acids is 1. The Labute approximate surface area is 146 Å². The second-order valence-corrected chi connectivity index (χ2v) is 6.24. The molecule has 0 bridgehead atoms. The number of nitrogens with zero attached hydrogens (tertiary/aromatic N) is 5. The molecule has 2 aromatic heterocycles. The van der Waals surface area contributed by atoms with E-state index >= 15 is 0 Å². The van der Waals surface area contributed by atoms with Crippen LogP contribution >= 0.6 is 11.3 Å². The molecule has 0 aliphatic rings. The summed E-state index contributed by atoms with van der Waals surface area (Å²) in [5.41, 5.74) is 4.17. The third-order valence-electron chi connectivity index (χ3n) is 3.68. The first-order valence-corrected chi connectivity index (χ1v) is 8.47. The molecule has 0 amide bonds. The standard InChI is InChI=1S/C17H13N5O2S/c23-17(13-6-7-14-15(8-13)25-11-18-14)24-10-16-19-20-21-22(16)9-12-4-2-1-3-5-12/h1-8,11H,9-10H2. The summed E-state index contributed by atoms with van der Waals surface area (Å²) in [4.78, 5) is 16.5. The van der Waals surface area contributed by atoms with Crippen LogP contribution in [0, 0.1) is 0 Å². The van der Waals surface area contributed by atoms with Crippen molar-refractivity contribution in [3.63, 3.8) is 0 Å². The normalized spacial score (nSPS) is 10.9. The van der Waals surface area contributed by atoms with Gasteiger partial charge in [0.1, 0.15) is 0 Å². The zero-order valence-electron chi connectivity index (χ0n) is 13.1. The fourth-order valence-electron chi connectivity index (χ4n) is 2.40. The molecule has 8 heteroatoms. The van der Waals surface area contributed by atoms with Gasteiger partial charge in [-0.2, -0.15) is 0 Å². The van der Waals surface area contributed by atoms with Crippen molar-refractivity contribution in [3.05, 3.63) is 71.0 Å². The number of fused-ring (bicyclic) bond motifs is 1. The zero-order valence-corrected chi connectivity index (χ0v) is 13.9. The average Bonchev–Trinajstić information content (AvgIpc) is 3.29. The van der Waals surface area contributed by atoms with Gasteiger partial charge in [-0.05, 0) is 34.2 Å². The second kappa shape index (κ2) is 6.78. The van der Waals surface area contributed by atoms with Crippen molar-refractivity contribution in [1.29, 1.82) is 0 Å². The van der Waals surface area contributed by atoms with Gasteiger partial charge >= 0.3 is 5.97 Å². The van der Waals surface area contributed by atoms with E-state index in [2.05, 4.69) is 20.5 Å². The first-order chi connectivity index (χ1) is 12.3. The van der Waals surface area contributed by atoms with Crippen molar-refractivity contribution < 1.29 is 9.53 Å². The van der Waals surface area contributed by atoms with E-state index in [1.165, 1.54) is 11.3 Å². The number of benzene rings is 2. The highest BCUT2D eigenvalue weighted by Gasteiger charge is 2.13. The number of carbonyl (C=O) groups is 1. The number of hydrogen-bond donors (Lipinski definition) is 0. The molecule has 7 nitrogen and oxygen atoms in total. The van der Waals surface area contributed by atoms with Crippen LogP contribution in [0.3, 0.4) is 0 Å². The van der Waals surface area contributed by atoms with Crippen LogP contribution in [-0.2, 0) is 17.9 Å². The van der Waals surface area contributed by atoms with E-state index < -0.39 is 5.97 Å². The first-order valence-electron chi connectivity index (χ1n) is 7.59. The summed E-state index contributed by atoms with van der Waals surface area (Å²) in [6, 6.07) is 15.1. The molecule has 0 fully saturated rings.